The lowest BCUT2D eigenvalue weighted by atomic mass is 10.3. The number of halogens is 1. The highest BCUT2D eigenvalue weighted by molar-refractivity contribution is 5.34. The molecular weight excluding hydrogens is 205 g/mol. The van der Waals surface area contributed by atoms with Crippen LogP contribution in [0.1, 0.15) is 20.8 Å². The summed E-state index contributed by atoms with van der Waals surface area (Å²) in [6, 6.07) is 5.05. The first-order valence-corrected chi connectivity index (χ1v) is 5.77. The lowest BCUT2D eigenvalue weighted by Gasteiger charge is -2.23. The van der Waals surface area contributed by atoms with Crippen LogP contribution in [-0.4, -0.2) is 35.6 Å². The van der Waals surface area contributed by atoms with Crippen LogP contribution < -0.4 is 5.32 Å². The normalized spacial score (nSPS) is 12.8. The van der Waals surface area contributed by atoms with Crippen molar-refractivity contribution in [1.82, 2.24) is 9.88 Å². The van der Waals surface area contributed by atoms with Crippen LogP contribution in [-0.2, 0) is 0 Å². The predicted octanol–water partition coefficient (Wildman–Crippen LogP) is 2.36. The third kappa shape index (κ3) is 4.14. The summed E-state index contributed by atoms with van der Waals surface area (Å²) in [5.74, 6) is 0.152. The summed E-state index contributed by atoms with van der Waals surface area (Å²) in [7, 11) is 0. The fourth-order valence-corrected chi connectivity index (χ4v) is 1.66. The Morgan fingerprint density at radius 2 is 2.06 bits per heavy atom. The number of rotatable bonds is 6. The molecule has 1 unspecified atom stereocenters. The van der Waals surface area contributed by atoms with Crippen LogP contribution in [0.2, 0.25) is 0 Å². The molecule has 1 N–H and O–H groups in total. The van der Waals surface area contributed by atoms with E-state index in [9.17, 15) is 4.39 Å². The molecule has 0 aliphatic carbocycles. The molecule has 16 heavy (non-hydrogen) atoms. The molecule has 0 saturated carbocycles. The summed E-state index contributed by atoms with van der Waals surface area (Å²) in [5.41, 5.74) is 0. The third-order valence-electron chi connectivity index (χ3n) is 2.54. The van der Waals surface area contributed by atoms with Crippen LogP contribution in [0.15, 0.2) is 18.2 Å². The second-order valence-corrected chi connectivity index (χ2v) is 3.88. The molecule has 0 radical (unpaired) electrons. The Hall–Kier alpha value is -1.16. The van der Waals surface area contributed by atoms with Crippen molar-refractivity contribution in [2.45, 2.75) is 26.8 Å². The highest BCUT2D eigenvalue weighted by Crippen LogP contribution is 2.06. The molecule has 1 heterocycles. The number of pyridine rings is 1. The lowest BCUT2D eigenvalue weighted by molar-refractivity contribution is 0.294. The van der Waals surface area contributed by atoms with E-state index in [4.69, 9.17) is 0 Å². The first-order chi connectivity index (χ1) is 7.65. The zero-order valence-electron chi connectivity index (χ0n) is 10.2. The van der Waals surface area contributed by atoms with E-state index in [2.05, 4.69) is 36.0 Å². The molecule has 1 rings (SSSR count). The minimum absolute atomic E-state index is 0.259. The van der Waals surface area contributed by atoms with E-state index in [0.717, 1.165) is 19.6 Å². The van der Waals surface area contributed by atoms with Crippen molar-refractivity contribution in [2.24, 2.45) is 0 Å². The molecule has 1 aromatic rings. The van der Waals surface area contributed by atoms with Gasteiger partial charge in [-0.15, -0.1) is 0 Å². The first kappa shape index (κ1) is 12.9. The van der Waals surface area contributed by atoms with E-state index < -0.39 is 5.95 Å². The van der Waals surface area contributed by atoms with Gasteiger partial charge >= 0.3 is 0 Å². The van der Waals surface area contributed by atoms with E-state index in [1.54, 1.807) is 12.1 Å². The summed E-state index contributed by atoms with van der Waals surface area (Å²) in [4.78, 5) is 6.09. The van der Waals surface area contributed by atoms with Crippen LogP contribution in [0, 0.1) is 5.95 Å². The molecule has 1 aromatic heterocycles. The maximum Gasteiger partial charge on any atom is 0.214 e. The summed E-state index contributed by atoms with van der Waals surface area (Å²) >= 11 is 0. The van der Waals surface area contributed by atoms with Crippen LogP contribution in [0.4, 0.5) is 10.2 Å². The minimum Gasteiger partial charge on any atom is -0.366 e. The molecule has 0 aliphatic rings. The van der Waals surface area contributed by atoms with Gasteiger partial charge in [0.05, 0.1) is 0 Å². The van der Waals surface area contributed by atoms with Gasteiger partial charge in [-0.05, 0) is 32.1 Å². The van der Waals surface area contributed by atoms with Gasteiger partial charge in [-0.1, -0.05) is 19.9 Å². The number of anilines is 1. The SMILES string of the molecule is CCN(CC)CC(C)Nc1cccc(F)n1. The fraction of sp³-hybridized carbons (Fsp3) is 0.583. The highest BCUT2D eigenvalue weighted by atomic mass is 19.1. The van der Waals surface area contributed by atoms with E-state index >= 15 is 0 Å². The second kappa shape index (κ2) is 6.43. The van der Waals surface area contributed by atoms with Gasteiger partial charge in [-0.25, -0.2) is 4.98 Å². The minimum atomic E-state index is -0.444. The van der Waals surface area contributed by atoms with Crippen molar-refractivity contribution in [2.75, 3.05) is 25.0 Å². The average Bonchev–Trinajstić information content (AvgIpc) is 2.26. The summed E-state index contributed by atoms with van der Waals surface area (Å²) in [5, 5.41) is 3.19. The maximum absolute atomic E-state index is 12.9. The van der Waals surface area contributed by atoms with Crippen molar-refractivity contribution >= 4 is 5.82 Å². The summed E-state index contributed by atoms with van der Waals surface area (Å²) in [6.45, 7) is 9.33. The second-order valence-electron chi connectivity index (χ2n) is 3.88. The molecule has 0 bridgehead atoms. The number of aromatic nitrogens is 1. The molecule has 0 aromatic carbocycles. The molecule has 0 amide bonds. The first-order valence-electron chi connectivity index (χ1n) is 5.77. The van der Waals surface area contributed by atoms with Gasteiger partial charge in [0.1, 0.15) is 5.82 Å². The van der Waals surface area contributed by atoms with Gasteiger partial charge in [-0.3, -0.25) is 0 Å². The van der Waals surface area contributed by atoms with Gasteiger partial charge in [0.2, 0.25) is 5.95 Å². The topological polar surface area (TPSA) is 28.2 Å². The zero-order chi connectivity index (χ0) is 12.0. The van der Waals surface area contributed by atoms with Gasteiger partial charge < -0.3 is 10.2 Å². The van der Waals surface area contributed by atoms with E-state index in [1.165, 1.54) is 6.07 Å². The van der Waals surface area contributed by atoms with Crippen molar-refractivity contribution in [3.8, 4) is 0 Å². The third-order valence-corrected chi connectivity index (χ3v) is 2.54. The van der Waals surface area contributed by atoms with Crippen molar-refractivity contribution in [1.29, 1.82) is 0 Å². The summed E-state index contributed by atoms with van der Waals surface area (Å²) < 4.78 is 12.9. The van der Waals surface area contributed by atoms with E-state index in [0.29, 0.717) is 5.82 Å². The number of nitrogens with one attached hydrogen (secondary N) is 1. The van der Waals surface area contributed by atoms with Crippen LogP contribution in [0.5, 0.6) is 0 Å². The standard InChI is InChI=1S/C12H20FN3/c1-4-16(5-2)9-10(3)14-12-8-6-7-11(13)15-12/h6-8,10H,4-5,9H2,1-3H3,(H,14,15). The van der Waals surface area contributed by atoms with Crippen LogP contribution >= 0.6 is 0 Å². The fourth-order valence-electron chi connectivity index (χ4n) is 1.66. The quantitative estimate of drug-likeness (QED) is 0.753. The van der Waals surface area contributed by atoms with Gasteiger partial charge in [0.15, 0.2) is 0 Å². The number of likely N-dealkylation sites (N-methyl/N-ethyl adjacent to an activating group) is 1. The Kier molecular flexibility index (Phi) is 5.19. The molecule has 0 fully saturated rings. The van der Waals surface area contributed by atoms with E-state index in [1.807, 2.05) is 0 Å². The smallest absolute Gasteiger partial charge is 0.214 e. The molecule has 0 spiro atoms. The monoisotopic (exact) mass is 225 g/mol. The number of nitrogens with zero attached hydrogens (tertiary/aromatic N) is 2. The van der Waals surface area contributed by atoms with E-state index in [-0.39, 0.29) is 6.04 Å². The van der Waals surface area contributed by atoms with Gasteiger partial charge in [0, 0.05) is 12.6 Å². The Bertz CT molecular complexity index is 313. The maximum atomic E-state index is 12.9. The molecular formula is C12H20FN3. The summed E-state index contributed by atoms with van der Waals surface area (Å²) in [6.07, 6.45) is 0. The van der Waals surface area contributed by atoms with Crippen molar-refractivity contribution in [3.05, 3.63) is 24.1 Å². The molecule has 4 heteroatoms. The largest absolute Gasteiger partial charge is 0.366 e. The van der Waals surface area contributed by atoms with Gasteiger partial charge in [0.25, 0.3) is 0 Å². The Morgan fingerprint density at radius 1 is 1.38 bits per heavy atom. The molecule has 0 aliphatic heterocycles. The molecule has 3 nitrogen and oxygen atoms in total. The Balaban J connectivity index is 2.47. The molecule has 1 atom stereocenters. The highest BCUT2D eigenvalue weighted by Gasteiger charge is 2.07. The number of hydrogen-bond acceptors (Lipinski definition) is 3. The van der Waals surface area contributed by atoms with Crippen LogP contribution in [0.3, 0.4) is 0 Å². The van der Waals surface area contributed by atoms with Crippen LogP contribution in [0.25, 0.3) is 0 Å². The Labute approximate surface area is 96.7 Å². The number of hydrogen-bond donors (Lipinski definition) is 1. The predicted molar refractivity (Wildman–Crippen MR) is 65.1 cm³/mol. The Morgan fingerprint density at radius 3 is 2.62 bits per heavy atom. The lowest BCUT2D eigenvalue weighted by Crippen LogP contribution is -2.34. The zero-order valence-corrected chi connectivity index (χ0v) is 10.2. The van der Waals surface area contributed by atoms with Crippen molar-refractivity contribution in [3.63, 3.8) is 0 Å². The van der Waals surface area contributed by atoms with Gasteiger partial charge in [-0.2, -0.15) is 4.39 Å². The molecule has 90 valence electrons. The van der Waals surface area contributed by atoms with Crippen molar-refractivity contribution < 1.29 is 4.39 Å². The molecule has 0 saturated heterocycles. The average molecular weight is 225 g/mol.